The highest BCUT2D eigenvalue weighted by Crippen LogP contribution is 2.41. The van der Waals surface area contributed by atoms with Crippen LogP contribution in [0.5, 0.6) is 11.5 Å². The zero-order valence-corrected chi connectivity index (χ0v) is 33.0. The Labute approximate surface area is 328 Å². The molecule has 5 rings (SSSR count). The molecule has 1 fully saturated rings. The average molecular weight is 818 g/mol. The first-order valence-electron chi connectivity index (χ1n) is 18.0. The number of rotatable bonds is 12. The highest BCUT2D eigenvalue weighted by molar-refractivity contribution is 7.92. The van der Waals surface area contributed by atoms with Gasteiger partial charge in [-0.1, -0.05) is 6.07 Å². The van der Waals surface area contributed by atoms with Crippen molar-refractivity contribution in [3.8, 4) is 11.5 Å². The standard InChI is InChI=1S/C37H45N5O7S.C2HF3O2/c1-7-48-32-20-25(10-14-31(32)49-22(2)3)34(40-26-11-13-28-24(19-26)16-17-39-35(28)38)36(43)42-18-8-9-30(42)29-21-27(41-37(44)47-6)12-15-33(29)50(45,46)23(4)5;3-2(4,5)1(6)7/h10-17,19-23,30,34,40H,7-9,18H2,1-6H3,(H2,38,39)(H,41,44);(H,6,7)/t30-,34+;/m1./s1. The number of aromatic nitrogens is 1. The first-order valence-corrected chi connectivity index (χ1v) is 19.5. The molecule has 0 radical (unpaired) electrons. The summed E-state index contributed by atoms with van der Waals surface area (Å²) in [5.41, 5.74) is 8.20. The molecule has 14 nitrogen and oxygen atoms in total. The van der Waals surface area contributed by atoms with Crippen molar-refractivity contribution in [1.29, 1.82) is 0 Å². The van der Waals surface area contributed by atoms with Crippen LogP contribution in [-0.2, 0) is 24.2 Å². The molecule has 2 heterocycles. The number of nitrogens with two attached hydrogens (primary N) is 1. The zero-order valence-electron chi connectivity index (χ0n) is 32.2. The number of likely N-dealkylation sites (tertiary alicyclic amines) is 1. The molecule has 57 heavy (non-hydrogen) atoms. The third-order valence-electron chi connectivity index (χ3n) is 8.82. The number of sulfone groups is 1. The number of hydrogen-bond donors (Lipinski definition) is 4. The van der Waals surface area contributed by atoms with Crippen molar-refractivity contribution in [2.45, 2.75) is 82.0 Å². The minimum Gasteiger partial charge on any atom is -0.490 e. The minimum atomic E-state index is -5.08. The summed E-state index contributed by atoms with van der Waals surface area (Å²) < 4.78 is 75.8. The molecule has 0 unspecified atom stereocenters. The number of nitrogens with one attached hydrogen (secondary N) is 2. The van der Waals surface area contributed by atoms with Gasteiger partial charge in [-0.25, -0.2) is 23.0 Å². The fourth-order valence-corrected chi connectivity index (χ4v) is 7.45. The third-order valence-corrected chi connectivity index (χ3v) is 11.0. The summed E-state index contributed by atoms with van der Waals surface area (Å²) in [6.07, 6.45) is -3.07. The topological polar surface area (TPSA) is 199 Å². The molecule has 4 aromatic rings. The second-order valence-electron chi connectivity index (χ2n) is 13.5. The highest BCUT2D eigenvalue weighted by Gasteiger charge is 2.39. The number of anilines is 3. The molecular weight excluding hydrogens is 772 g/mol. The maximum absolute atomic E-state index is 14.9. The first kappa shape index (κ1) is 43.9. The van der Waals surface area contributed by atoms with Gasteiger partial charge in [-0.05, 0) is 119 Å². The van der Waals surface area contributed by atoms with Gasteiger partial charge in [0.2, 0.25) is 5.91 Å². The second-order valence-corrected chi connectivity index (χ2v) is 15.9. The number of carboxylic acid groups (broad SMARTS) is 1. The molecule has 0 bridgehead atoms. The van der Waals surface area contributed by atoms with E-state index in [1.165, 1.54) is 19.2 Å². The normalized spacial score (nSPS) is 14.8. The molecule has 0 aliphatic carbocycles. The number of halogens is 3. The van der Waals surface area contributed by atoms with Crippen LogP contribution in [0.3, 0.4) is 0 Å². The lowest BCUT2D eigenvalue weighted by Crippen LogP contribution is -2.38. The number of methoxy groups -OCH3 is 1. The van der Waals surface area contributed by atoms with Crippen LogP contribution >= 0.6 is 0 Å². The molecule has 308 valence electrons. The SMILES string of the molecule is CCOc1cc([C@H](Nc2ccc3c(N)nccc3c2)C(=O)N2CCC[C@@H]2c2cc(NC(=O)OC)ccc2S(=O)(=O)C(C)C)ccc1OC(C)C.O=C(O)C(F)(F)F. The molecule has 3 aromatic carbocycles. The summed E-state index contributed by atoms with van der Waals surface area (Å²) in [4.78, 5) is 41.9. The van der Waals surface area contributed by atoms with Crippen molar-refractivity contribution in [3.05, 3.63) is 78.0 Å². The summed E-state index contributed by atoms with van der Waals surface area (Å²) in [5, 5.41) is 14.1. The van der Waals surface area contributed by atoms with Crippen LogP contribution in [0.15, 0.2) is 71.8 Å². The van der Waals surface area contributed by atoms with E-state index in [-0.39, 0.29) is 16.9 Å². The van der Waals surface area contributed by atoms with E-state index < -0.39 is 45.4 Å². The van der Waals surface area contributed by atoms with Crippen molar-refractivity contribution >= 4 is 55.8 Å². The predicted octanol–water partition coefficient (Wildman–Crippen LogP) is 7.51. The number of carboxylic acids is 1. The molecule has 1 saturated heterocycles. The first-order chi connectivity index (χ1) is 26.8. The molecule has 1 aliphatic heterocycles. The van der Waals surface area contributed by atoms with Gasteiger partial charge in [-0.15, -0.1) is 0 Å². The number of carbonyl (C=O) groups is 3. The largest absolute Gasteiger partial charge is 0.490 e. The lowest BCUT2D eigenvalue weighted by Gasteiger charge is -2.32. The number of carbonyl (C=O) groups excluding carboxylic acids is 2. The van der Waals surface area contributed by atoms with Crippen LogP contribution in [0.2, 0.25) is 0 Å². The van der Waals surface area contributed by atoms with Crippen LogP contribution in [0, 0.1) is 0 Å². The van der Waals surface area contributed by atoms with Crippen LogP contribution < -0.4 is 25.8 Å². The molecule has 1 aromatic heterocycles. The van der Waals surface area contributed by atoms with E-state index in [1.54, 1.807) is 43.1 Å². The van der Waals surface area contributed by atoms with Gasteiger partial charge in [0.15, 0.2) is 21.3 Å². The van der Waals surface area contributed by atoms with Gasteiger partial charge in [0.1, 0.15) is 11.9 Å². The predicted molar refractivity (Wildman–Crippen MR) is 208 cm³/mol. The van der Waals surface area contributed by atoms with E-state index in [1.807, 2.05) is 51.1 Å². The number of nitrogen functional groups attached to an aromatic ring is 1. The second kappa shape index (κ2) is 18.4. The Bertz CT molecular complexity index is 2200. The number of benzene rings is 3. The Morgan fingerprint density at radius 1 is 1.00 bits per heavy atom. The van der Waals surface area contributed by atoms with Crippen molar-refractivity contribution in [1.82, 2.24) is 9.88 Å². The van der Waals surface area contributed by atoms with E-state index >= 15 is 0 Å². The summed E-state index contributed by atoms with van der Waals surface area (Å²) in [5.74, 6) is -1.56. The molecule has 2 atom stereocenters. The number of amides is 2. The Kier molecular flexibility index (Phi) is 14.2. The van der Waals surface area contributed by atoms with E-state index in [0.29, 0.717) is 65.8 Å². The Morgan fingerprint density at radius 2 is 1.68 bits per heavy atom. The highest BCUT2D eigenvalue weighted by atomic mass is 32.2. The van der Waals surface area contributed by atoms with E-state index in [2.05, 4.69) is 15.6 Å². The lowest BCUT2D eigenvalue weighted by molar-refractivity contribution is -0.192. The third kappa shape index (κ3) is 10.8. The number of fused-ring (bicyclic) bond motifs is 1. The number of alkyl halides is 3. The lowest BCUT2D eigenvalue weighted by atomic mass is 10.00. The molecule has 0 saturated carbocycles. The van der Waals surface area contributed by atoms with Crippen molar-refractivity contribution in [2.75, 3.05) is 36.6 Å². The maximum atomic E-state index is 14.9. The Hall–Kier alpha value is -5.78. The number of nitrogens with zero attached hydrogens (tertiary/aromatic N) is 2. The summed E-state index contributed by atoms with van der Waals surface area (Å²) in [7, 11) is -2.51. The molecule has 5 N–H and O–H groups in total. The molecule has 18 heteroatoms. The van der Waals surface area contributed by atoms with Crippen LogP contribution in [0.1, 0.15) is 70.7 Å². The molecule has 0 spiro atoms. The van der Waals surface area contributed by atoms with E-state index in [9.17, 15) is 31.2 Å². The zero-order chi connectivity index (χ0) is 42.2. The van der Waals surface area contributed by atoms with Crippen molar-refractivity contribution < 1.29 is 55.3 Å². The number of ether oxygens (including phenoxy) is 3. The number of aliphatic carboxylic acids is 1. The van der Waals surface area contributed by atoms with Crippen LogP contribution in [0.25, 0.3) is 10.8 Å². The Morgan fingerprint density at radius 3 is 2.30 bits per heavy atom. The fourth-order valence-electron chi connectivity index (χ4n) is 6.16. The quantitative estimate of drug-likeness (QED) is 0.110. The summed E-state index contributed by atoms with van der Waals surface area (Å²) in [6, 6.07) is 16.0. The fraction of sp³-hybridized carbons (Fsp3) is 0.385. The van der Waals surface area contributed by atoms with Gasteiger partial charge in [0, 0.05) is 29.5 Å². The molecule has 1 aliphatic rings. The number of hydrogen-bond acceptors (Lipinski definition) is 11. The van der Waals surface area contributed by atoms with Crippen LogP contribution in [0.4, 0.5) is 35.2 Å². The summed E-state index contributed by atoms with van der Waals surface area (Å²) >= 11 is 0. The van der Waals surface area contributed by atoms with Crippen LogP contribution in [-0.4, -0.2) is 79.2 Å². The van der Waals surface area contributed by atoms with Gasteiger partial charge in [-0.2, -0.15) is 13.2 Å². The van der Waals surface area contributed by atoms with Crippen molar-refractivity contribution in [3.63, 3.8) is 0 Å². The number of pyridine rings is 1. The van der Waals surface area contributed by atoms with Gasteiger partial charge >= 0.3 is 18.2 Å². The van der Waals surface area contributed by atoms with Gasteiger partial charge < -0.3 is 35.3 Å². The van der Waals surface area contributed by atoms with Gasteiger partial charge in [-0.3, -0.25) is 10.1 Å². The van der Waals surface area contributed by atoms with Gasteiger partial charge in [0.05, 0.1) is 36.0 Å². The maximum Gasteiger partial charge on any atom is 0.490 e. The van der Waals surface area contributed by atoms with Crippen molar-refractivity contribution in [2.24, 2.45) is 0 Å². The smallest absolute Gasteiger partial charge is 0.490 e. The molecular formula is C39H46F3N5O9S. The minimum absolute atomic E-state index is 0.0961. The Balaban J connectivity index is 0.000000940. The average Bonchev–Trinajstić information content (AvgIpc) is 3.64. The van der Waals surface area contributed by atoms with E-state index in [4.69, 9.17) is 29.8 Å². The van der Waals surface area contributed by atoms with E-state index in [0.717, 1.165) is 10.8 Å². The van der Waals surface area contributed by atoms with Gasteiger partial charge in [0.25, 0.3) is 0 Å². The monoisotopic (exact) mass is 817 g/mol. The summed E-state index contributed by atoms with van der Waals surface area (Å²) in [6.45, 7) is 9.75. The molecule has 2 amide bonds.